The zero-order valence-electron chi connectivity index (χ0n) is 9.42. The zero-order chi connectivity index (χ0) is 10.4. The van der Waals surface area contributed by atoms with Crippen molar-refractivity contribution in [1.82, 2.24) is 10.2 Å². The first-order chi connectivity index (χ1) is 6.76. The second kappa shape index (κ2) is 6.06. The molecular weight excluding hydrogens is 172 g/mol. The van der Waals surface area contributed by atoms with Crippen molar-refractivity contribution < 1.29 is 0 Å². The number of nitrogens with zero attached hydrogens (tertiary/aromatic N) is 1. The van der Waals surface area contributed by atoms with E-state index in [1.165, 1.54) is 12.8 Å². The summed E-state index contributed by atoms with van der Waals surface area (Å²) in [4.78, 5) is 2.32. The van der Waals surface area contributed by atoms with Crippen LogP contribution in [-0.4, -0.2) is 37.1 Å². The van der Waals surface area contributed by atoms with Crippen molar-refractivity contribution in [1.29, 1.82) is 0 Å². The molecule has 0 radical (unpaired) electrons. The summed E-state index contributed by atoms with van der Waals surface area (Å²) in [5.74, 6) is 3.40. The lowest BCUT2D eigenvalue weighted by Gasteiger charge is -2.22. The van der Waals surface area contributed by atoms with Gasteiger partial charge in [0.05, 0.1) is 6.54 Å². The molecular formula is C12H22N2. The van der Waals surface area contributed by atoms with E-state index < -0.39 is 0 Å². The van der Waals surface area contributed by atoms with Crippen molar-refractivity contribution in [3.63, 3.8) is 0 Å². The van der Waals surface area contributed by atoms with Gasteiger partial charge in [-0.05, 0) is 31.8 Å². The molecule has 0 aliphatic heterocycles. The Balaban J connectivity index is 2.09. The summed E-state index contributed by atoms with van der Waals surface area (Å²) < 4.78 is 0. The molecule has 0 heterocycles. The van der Waals surface area contributed by atoms with Crippen LogP contribution in [0.5, 0.6) is 0 Å². The van der Waals surface area contributed by atoms with Crippen molar-refractivity contribution in [2.24, 2.45) is 5.92 Å². The first kappa shape index (κ1) is 11.6. The van der Waals surface area contributed by atoms with E-state index in [1.807, 2.05) is 0 Å². The summed E-state index contributed by atoms with van der Waals surface area (Å²) in [5.41, 5.74) is 0. The van der Waals surface area contributed by atoms with Crippen LogP contribution in [0, 0.1) is 18.3 Å². The third-order valence-corrected chi connectivity index (χ3v) is 2.66. The lowest BCUT2D eigenvalue weighted by Crippen LogP contribution is -2.34. The third-order valence-electron chi connectivity index (χ3n) is 2.66. The van der Waals surface area contributed by atoms with Crippen LogP contribution >= 0.6 is 0 Å². The SMILES string of the molecule is C#CCN(CC)CC(C)CNC1CC1. The Morgan fingerprint density at radius 3 is 2.79 bits per heavy atom. The average Bonchev–Trinajstić information content (AvgIpc) is 2.97. The van der Waals surface area contributed by atoms with Gasteiger partial charge in [-0.3, -0.25) is 4.90 Å². The summed E-state index contributed by atoms with van der Waals surface area (Å²) in [6.07, 6.45) is 8.04. The van der Waals surface area contributed by atoms with Crippen molar-refractivity contribution in [2.45, 2.75) is 32.7 Å². The van der Waals surface area contributed by atoms with Gasteiger partial charge in [0.15, 0.2) is 0 Å². The Kier molecular flexibility index (Phi) is 5.00. The van der Waals surface area contributed by atoms with E-state index in [1.54, 1.807) is 0 Å². The maximum Gasteiger partial charge on any atom is 0.0598 e. The Labute approximate surface area is 88.1 Å². The largest absolute Gasteiger partial charge is 0.314 e. The molecule has 0 aromatic carbocycles. The van der Waals surface area contributed by atoms with Crippen molar-refractivity contribution >= 4 is 0 Å². The summed E-state index contributed by atoms with van der Waals surface area (Å²) in [6.45, 7) is 8.53. The number of hydrogen-bond acceptors (Lipinski definition) is 2. The number of terminal acetylenes is 1. The molecule has 0 bridgehead atoms. The minimum Gasteiger partial charge on any atom is -0.314 e. The molecule has 0 amide bonds. The maximum atomic E-state index is 5.31. The summed E-state index contributed by atoms with van der Waals surface area (Å²) >= 11 is 0. The molecule has 0 aromatic rings. The molecule has 1 atom stereocenters. The van der Waals surface area contributed by atoms with Gasteiger partial charge in [0.1, 0.15) is 0 Å². The molecule has 1 aliphatic carbocycles. The van der Waals surface area contributed by atoms with Gasteiger partial charge in [0.2, 0.25) is 0 Å². The fraction of sp³-hybridized carbons (Fsp3) is 0.833. The number of rotatable bonds is 7. The number of hydrogen-bond donors (Lipinski definition) is 1. The molecule has 1 unspecified atom stereocenters. The molecule has 0 saturated heterocycles. The van der Waals surface area contributed by atoms with Crippen LogP contribution < -0.4 is 5.32 Å². The van der Waals surface area contributed by atoms with Crippen LogP contribution in [0.4, 0.5) is 0 Å². The second-order valence-corrected chi connectivity index (χ2v) is 4.32. The quantitative estimate of drug-likeness (QED) is 0.615. The predicted molar refractivity (Wildman–Crippen MR) is 61.1 cm³/mol. The summed E-state index contributed by atoms with van der Waals surface area (Å²) in [5, 5.41) is 3.55. The lowest BCUT2D eigenvalue weighted by atomic mass is 10.1. The zero-order valence-corrected chi connectivity index (χ0v) is 9.42. The molecule has 2 nitrogen and oxygen atoms in total. The topological polar surface area (TPSA) is 15.3 Å². The van der Waals surface area contributed by atoms with Crippen LogP contribution in [0.25, 0.3) is 0 Å². The van der Waals surface area contributed by atoms with Gasteiger partial charge in [-0.25, -0.2) is 0 Å². The molecule has 1 saturated carbocycles. The molecule has 14 heavy (non-hydrogen) atoms. The normalized spacial score (nSPS) is 18.1. The lowest BCUT2D eigenvalue weighted by molar-refractivity contribution is 0.272. The standard InChI is InChI=1S/C12H22N2/c1-4-8-14(5-2)10-11(3)9-13-12-6-7-12/h1,11-13H,5-10H2,2-3H3. The van der Waals surface area contributed by atoms with E-state index in [0.717, 1.165) is 32.2 Å². The highest BCUT2D eigenvalue weighted by Gasteiger charge is 2.21. The van der Waals surface area contributed by atoms with Gasteiger partial charge in [-0.15, -0.1) is 6.42 Å². The van der Waals surface area contributed by atoms with Gasteiger partial charge >= 0.3 is 0 Å². The van der Waals surface area contributed by atoms with E-state index in [0.29, 0.717) is 5.92 Å². The van der Waals surface area contributed by atoms with E-state index in [4.69, 9.17) is 6.42 Å². The second-order valence-electron chi connectivity index (χ2n) is 4.32. The molecule has 0 spiro atoms. The third kappa shape index (κ3) is 4.64. The van der Waals surface area contributed by atoms with Crippen molar-refractivity contribution in [2.75, 3.05) is 26.2 Å². The van der Waals surface area contributed by atoms with Gasteiger partial charge in [-0.1, -0.05) is 19.8 Å². The smallest absolute Gasteiger partial charge is 0.0598 e. The first-order valence-corrected chi connectivity index (χ1v) is 5.65. The minimum atomic E-state index is 0.698. The van der Waals surface area contributed by atoms with Crippen molar-refractivity contribution in [3.8, 4) is 12.3 Å². The van der Waals surface area contributed by atoms with Gasteiger partial charge < -0.3 is 5.32 Å². The van der Waals surface area contributed by atoms with Gasteiger partial charge in [0, 0.05) is 12.6 Å². The van der Waals surface area contributed by atoms with Crippen LogP contribution in [0.1, 0.15) is 26.7 Å². The van der Waals surface area contributed by atoms with E-state index >= 15 is 0 Å². The molecule has 1 aliphatic rings. The highest BCUT2D eigenvalue weighted by Crippen LogP contribution is 2.18. The van der Waals surface area contributed by atoms with Crippen LogP contribution in [0.3, 0.4) is 0 Å². The molecule has 0 aromatic heterocycles. The Bertz CT molecular complexity index is 191. The Morgan fingerprint density at radius 1 is 1.57 bits per heavy atom. The molecule has 2 heteroatoms. The molecule has 80 valence electrons. The molecule has 1 fully saturated rings. The summed E-state index contributed by atoms with van der Waals surface area (Å²) in [6, 6.07) is 0.820. The van der Waals surface area contributed by atoms with E-state index in [2.05, 4.69) is 30.0 Å². The predicted octanol–water partition coefficient (Wildman–Crippen LogP) is 1.33. The van der Waals surface area contributed by atoms with Crippen LogP contribution in [-0.2, 0) is 0 Å². The first-order valence-electron chi connectivity index (χ1n) is 5.65. The van der Waals surface area contributed by atoms with Crippen LogP contribution in [0.2, 0.25) is 0 Å². The van der Waals surface area contributed by atoms with Crippen molar-refractivity contribution in [3.05, 3.63) is 0 Å². The van der Waals surface area contributed by atoms with Gasteiger partial charge in [0.25, 0.3) is 0 Å². The van der Waals surface area contributed by atoms with Gasteiger partial charge in [-0.2, -0.15) is 0 Å². The molecule has 1 N–H and O–H groups in total. The Morgan fingerprint density at radius 2 is 2.29 bits per heavy atom. The number of nitrogens with one attached hydrogen (secondary N) is 1. The highest BCUT2D eigenvalue weighted by molar-refractivity contribution is 4.88. The van der Waals surface area contributed by atoms with E-state index in [9.17, 15) is 0 Å². The van der Waals surface area contributed by atoms with Crippen LogP contribution in [0.15, 0.2) is 0 Å². The Hall–Kier alpha value is -0.520. The minimum absolute atomic E-state index is 0.698. The fourth-order valence-corrected chi connectivity index (χ4v) is 1.60. The highest BCUT2D eigenvalue weighted by atomic mass is 15.1. The summed E-state index contributed by atoms with van der Waals surface area (Å²) in [7, 11) is 0. The van der Waals surface area contributed by atoms with E-state index in [-0.39, 0.29) is 0 Å². The fourth-order valence-electron chi connectivity index (χ4n) is 1.60. The average molecular weight is 194 g/mol. The maximum absolute atomic E-state index is 5.31. The molecule has 1 rings (SSSR count). The monoisotopic (exact) mass is 194 g/mol.